The number of aromatic nitrogens is 4. The Morgan fingerprint density at radius 2 is 1.88 bits per heavy atom. The number of amides is 1. The van der Waals surface area contributed by atoms with Gasteiger partial charge in [0, 0.05) is 12.2 Å². The third-order valence-corrected chi connectivity index (χ3v) is 3.88. The number of ether oxygens (including phenoxy) is 1. The Morgan fingerprint density at radius 3 is 2.52 bits per heavy atom. The van der Waals surface area contributed by atoms with Gasteiger partial charge < -0.3 is 9.64 Å². The standard InChI is InChI=1S/C18H19N5O2/c1-4-22(16-8-6-5-7-13(16)2)18(24)17-19-21-23(20-17)14-9-11-15(25-3)12-10-14/h5-12H,4H2,1-3H3. The number of nitrogens with zero attached hydrogens (tertiary/aromatic N) is 5. The summed E-state index contributed by atoms with van der Waals surface area (Å²) in [5.74, 6) is 0.509. The second kappa shape index (κ2) is 7.12. The van der Waals surface area contributed by atoms with Gasteiger partial charge in [0.25, 0.3) is 11.7 Å². The van der Waals surface area contributed by atoms with Gasteiger partial charge in [-0.05, 0) is 55.0 Å². The highest BCUT2D eigenvalue weighted by molar-refractivity contribution is 6.03. The minimum atomic E-state index is -0.281. The zero-order valence-corrected chi connectivity index (χ0v) is 14.4. The number of tetrazole rings is 1. The molecule has 2 aromatic carbocycles. The van der Waals surface area contributed by atoms with Gasteiger partial charge in [-0.15, -0.1) is 15.0 Å². The molecule has 0 radical (unpaired) electrons. The second-order valence-corrected chi connectivity index (χ2v) is 5.44. The van der Waals surface area contributed by atoms with E-state index in [0.29, 0.717) is 12.2 Å². The van der Waals surface area contributed by atoms with Crippen LogP contribution in [0.4, 0.5) is 5.69 Å². The molecule has 0 aliphatic rings. The molecule has 0 saturated carbocycles. The fourth-order valence-electron chi connectivity index (χ4n) is 2.54. The maximum atomic E-state index is 12.8. The van der Waals surface area contributed by atoms with E-state index in [1.165, 1.54) is 4.80 Å². The Balaban J connectivity index is 1.87. The Bertz CT molecular complexity index is 873. The van der Waals surface area contributed by atoms with Gasteiger partial charge in [-0.2, -0.15) is 0 Å². The van der Waals surface area contributed by atoms with Crippen LogP contribution in [0.15, 0.2) is 48.5 Å². The van der Waals surface area contributed by atoms with E-state index in [9.17, 15) is 4.79 Å². The van der Waals surface area contributed by atoms with Crippen molar-refractivity contribution in [2.24, 2.45) is 0 Å². The number of methoxy groups -OCH3 is 1. The lowest BCUT2D eigenvalue weighted by Crippen LogP contribution is -2.32. The first-order valence-corrected chi connectivity index (χ1v) is 7.96. The van der Waals surface area contributed by atoms with Gasteiger partial charge in [0.2, 0.25) is 0 Å². The number of para-hydroxylation sites is 1. The summed E-state index contributed by atoms with van der Waals surface area (Å²) in [5, 5.41) is 12.1. The molecule has 0 unspecified atom stereocenters. The third-order valence-electron chi connectivity index (χ3n) is 3.88. The quantitative estimate of drug-likeness (QED) is 0.715. The molecule has 1 aromatic heterocycles. The molecule has 0 aliphatic heterocycles. The molecule has 0 saturated heterocycles. The van der Waals surface area contributed by atoms with E-state index in [2.05, 4.69) is 15.4 Å². The van der Waals surface area contributed by atoms with Crippen molar-refractivity contribution < 1.29 is 9.53 Å². The Kier molecular flexibility index (Phi) is 4.74. The minimum absolute atomic E-state index is 0.0564. The average Bonchev–Trinajstić information content (AvgIpc) is 3.14. The SMILES string of the molecule is CCN(C(=O)c1nnn(-c2ccc(OC)cc2)n1)c1ccccc1C. The highest BCUT2D eigenvalue weighted by atomic mass is 16.5. The van der Waals surface area contributed by atoms with E-state index in [1.807, 2.05) is 38.1 Å². The molecule has 0 spiro atoms. The Labute approximate surface area is 145 Å². The van der Waals surface area contributed by atoms with Crippen molar-refractivity contribution in [3.8, 4) is 11.4 Å². The summed E-state index contributed by atoms with van der Waals surface area (Å²) < 4.78 is 5.13. The minimum Gasteiger partial charge on any atom is -0.497 e. The zero-order chi connectivity index (χ0) is 17.8. The van der Waals surface area contributed by atoms with E-state index in [4.69, 9.17) is 4.74 Å². The summed E-state index contributed by atoms with van der Waals surface area (Å²) in [7, 11) is 1.60. The summed E-state index contributed by atoms with van der Waals surface area (Å²) in [6.45, 7) is 4.39. The molecule has 7 heteroatoms. The van der Waals surface area contributed by atoms with Gasteiger partial charge in [-0.3, -0.25) is 4.79 Å². The molecular formula is C18H19N5O2. The lowest BCUT2D eigenvalue weighted by Gasteiger charge is -2.21. The maximum absolute atomic E-state index is 12.8. The molecular weight excluding hydrogens is 318 g/mol. The van der Waals surface area contributed by atoms with E-state index < -0.39 is 0 Å². The van der Waals surface area contributed by atoms with Gasteiger partial charge in [0.15, 0.2) is 0 Å². The van der Waals surface area contributed by atoms with Crippen LogP contribution in [0.25, 0.3) is 5.69 Å². The number of carbonyl (C=O) groups is 1. The number of rotatable bonds is 5. The molecule has 0 bridgehead atoms. The topological polar surface area (TPSA) is 73.1 Å². The average molecular weight is 337 g/mol. The first-order valence-electron chi connectivity index (χ1n) is 7.96. The third kappa shape index (κ3) is 3.35. The largest absolute Gasteiger partial charge is 0.497 e. The van der Waals surface area contributed by atoms with Gasteiger partial charge in [0.05, 0.1) is 12.8 Å². The van der Waals surface area contributed by atoms with Gasteiger partial charge >= 0.3 is 0 Å². The molecule has 0 atom stereocenters. The predicted molar refractivity (Wildman–Crippen MR) is 94.2 cm³/mol. The van der Waals surface area contributed by atoms with Gasteiger partial charge in [-0.25, -0.2) is 0 Å². The smallest absolute Gasteiger partial charge is 0.299 e. The van der Waals surface area contributed by atoms with E-state index >= 15 is 0 Å². The van der Waals surface area contributed by atoms with Gasteiger partial charge in [0.1, 0.15) is 5.75 Å². The van der Waals surface area contributed by atoms with E-state index in [-0.39, 0.29) is 11.7 Å². The van der Waals surface area contributed by atoms with Crippen LogP contribution in [0.3, 0.4) is 0 Å². The van der Waals surface area contributed by atoms with Crippen LogP contribution in [-0.4, -0.2) is 39.8 Å². The highest BCUT2D eigenvalue weighted by Crippen LogP contribution is 2.20. The van der Waals surface area contributed by atoms with Crippen molar-refractivity contribution in [1.29, 1.82) is 0 Å². The monoisotopic (exact) mass is 337 g/mol. The number of hydrogen-bond acceptors (Lipinski definition) is 5. The number of hydrogen-bond donors (Lipinski definition) is 0. The molecule has 3 aromatic rings. The predicted octanol–water partition coefficient (Wildman–Crippen LogP) is 2.65. The van der Waals surface area contributed by atoms with Crippen molar-refractivity contribution >= 4 is 11.6 Å². The zero-order valence-electron chi connectivity index (χ0n) is 14.4. The lowest BCUT2D eigenvalue weighted by molar-refractivity contribution is 0.0978. The normalized spacial score (nSPS) is 10.5. The number of anilines is 1. The molecule has 3 rings (SSSR count). The molecule has 1 heterocycles. The van der Waals surface area contributed by atoms with Crippen LogP contribution >= 0.6 is 0 Å². The van der Waals surface area contributed by atoms with Crippen LogP contribution < -0.4 is 9.64 Å². The van der Waals surface area contributed by atoms with Gasteiger partial charge in [-0.1, -0.05) is 18.2 Å². The summed E-state index contributed by atoms with van der Waals surface area (Å²) >= 11 is 0. The van der Waals surface area contributed by atoms with E-state index in [1.54, 1.807) is 36.3 Å². The Morgan fingerprint density at radius 1 is 1.16 bits per heavy atom. The van der Waals surface area contributed by atoms with E-state index in [0.717, 1.165) is 17.0 Å². The van der Waals surface area contributed by atoms with Crippen LogP contribution in [0.2, 0.25) is 0 Å². The van der Waals surface area contributed by atoms with Crippen molar-refractivity contribution in [2.45, 2.75) is 13.8 Å². The number of aryl methyl sites for hydroxylation is 1. The van der Waals surface area contributed by atoms with Crippen molar-refractivity contribution in [2.75, 3.05) is 18.6 Å². The summed E-state index contributed by atoms with van der Waals surface area (Å²) in [6, 6.07) is 14.9. The summed E-state index contributed by atoms with van der Waals surface area (Å²) in [5.41, 5.74) is 2.56. The molecule has 0 N–H and O–H groups in total. The molecule has 0 fully saturated rings. The first-order chi connectivity index (χ1) is 12.1. The fraction of sp³-hybridized carbons (Fsp3) is 0.222. The van der Waals surface area contributed by atoms with Crippen LogP contribution in [0, 0.1) is 6.92 Å². The number of carbonyl (C=O) groups excluding carboxylic acids is 1. The van der Waals surface area contributed by atoms with Crippen molar-refractivity contribution in [3.63, 3.8) is 0 Å². The van der Waals surface area contributed by atoms with Crippen LogP contribution in [0.5, 0.6) is 5.75 Å². The van der Waals surface area contributed by atoms with Crippen molar-refractivity contribution in [1.82, 2.24) is 20.2 Å². The van der Waals surface area contributed by atoms with Crippen LogP contribution in [-0.2, 0) is 0 Å². The maximum Gasteiger partial charge on any atom is 0.299 e. The molecule has 1 amide bonds. The first kappa shape index (κ1) is 16.6. The molecule has 0 aliphatic carbocycles. The Hall–Kier alpha value is -3.22. The highest BCUT2D eigenvalue weighted by Gasteiger charge is 2.22. The summed E-state index contributed by atoms with van der Waals surface area (Å²) in [6.07, 6.45) is 0. The molecule has 7 nitrogen and oxygen atoms in total. The second-order valence-electron chi connectivity index (χ2n) is 5.44. The summed E-state index contributed by atoms with van der Waals surface area (Å²) in [4.78, 5) is 15.8. The number of benzene rings is 2. The molecule has 128 valence electrons. The molecule has 25 heavy (non-hydrogen) atoms. The fourth-order valence-corrected chi connectivity index (χ4v) is 2.54. The van der Waals surface area contributed by atoms with Crippen LogP contribution in [0.1, 0.15) is 23.1 Å². The van der Waals surface area contributed by atoms with Crippen molar-refractivity contribution in [3.05, 3.63) is 59.9 Å². The lowest BCUT2D eigenvalue weighted by atomic mass is 10.2.